The molecule has 1 aromatic carbocycles. The smallest absolute Gasteiger partial charge is 0.223 e. The van der Waals surface area contributed by atoms with E-state index >= 15 is 0 Å². The van der Waals surface area contributed by atoms with Gasteiger partial charge in [0.05, 0.1) is 0 Å². The highest BCUT2D eigenvalue weighted by Gasteiger charge is 2.37. The zero-order valence-corrected chi connectivity index (χ0v) is 15.1. The van der Waals surface area contributed by atoms with Gasteiger partial charge in [-0.2, -0.15) is 0 Å². The van der Waals surface area contributed by atoms with Gasteiger partial charge in [-0.15, -0.1) is 0 Å². The van der Waals surface area contributed by atoms with E-state index in [1.165, 1.54) is 25.9 Å². The Balaban J connectivity index is 1.33. The van der Waals surface area contributed by atoms with Gasteiger partial charge < -0.3 is 14.4 Å². The van der Waals surface area contributed by atoms with Gasteiger partial charge in [0.1, 0.15) is 13.2 Å². The highest BCUT2D eigenvalue weighted by Crippen LogP contribution is 2.31. The molecule has 2 saturated heterocycles. The molecule has 1 aromatic rings. The zero-order valence-electron chi connectivity index (χ0n) is 15.1. The molecule has 0 aliphatic carbocycles. The normalized spacial score (nSPS) is 26.2. The van der Waals surface area contributed by atoms with Crippen LogP contribution in [0.15, 0.2) is 18.2 Å². The molecule has 3 heterocycles. The number of benzene rings is 1. The zero-order chi connectivity index (χ0) is 17.2. The van der Waals surface area contributed by atoms with Crippen molar-refractivity contribution in [2.24, 2.45) is 0 Å². The van der Waals surface area contributed by atoms with Crippen molar-refractivity contribution in [3.8, 4) is 11.5 Å². The molecule has 136 valence electrons. The molecule has 5 heteroatoms. The van der Waals surface area contributed by atoms with E-state index in [1.807, 2.05) is 18.2 Å². The third-order valence-electron chi connectivity index (χ3n) is 5.88. The van der Waals surface area contributed by atoms with Crippen molar-refractivity contribution in [2.45, 2.75) is 51.1 Å². The van der Waals surface area contributed by atoms with Crippen molar-refractivity contribution >= 4 is 5.91 Å². The average Bonchev–Trinajstić information content (AvgIpc) is 3.29. The minimum atomic E-state index is 0.282. The van der Waals surface area contributed by atoms with E-state index in [4.69, 9.17) is 9.47 Å². The van der Waals surface area contributed by atoms with E-state index in [0.29, 0.717) is 31.7 Å². The molecule has 0 spiro atoms. The van der Waals surface area contributed by atoms with Gasteiger partial charge in [0.25, 0.3) is 0 Å². The molecule has 0 saturated carbocycles. The van der Waals surface area contributed by atoms with Crippen LogP contribution in [-0.4, -0.2) is 60.6 Å². The van der Waals surface area contributed by atoms with Gasteiger partial charge in [0.2, 0.25) is 5.91 Å². The van der Waals surface area contributed by atoms with Crippen molar-refractivity contribution in [3.63, 3.8) is 0 Å². The summed E-state index contributed by atoms with van der Waals surface area (Å²) in [6.07, 6.45) is 5.06. The van der Waals surface area contributed by atoms with E-state index in [1.54, 1.807) is 0 Å². The lowest BCUT2D eigenvalue weighted by molar-refractivity contribution is -0.132. The minimum Gasteiger partial charge on any atom is -0.486 e. The summed E-state index contributed by atoms with van der Waals surface area (Å²) in [7, 11) is 0. The van der Waals surface area contributed by atoms with Gasteiger partial charge in [-0.25, -0.2) is 0 Å². The molecule has 0 aromatic heterocycles. The van der Waals surface area contributed by atoms with Crippen molar-refractivity contribution in [1.82, 2.24) is 9.80 Å². The van der Waals surface area contributed by atoms with E-state index in [9.17, 15) is 4.79 Å². The Bertz CT molecular complexity index is 627. The molecule has 2 fully saturated rings. The van der Waals surface area contributed by atoms with E-state index in [0.717, 1.165) is 36.4 Å². The fourth-order valence-electron chi connectivity index (χ4n) is 4.47. The van der Waals surface area contributed by atoms with E-state index < -0.39 is 0 Å². The number of ether oxygens (including phenoxy) is 2. The van der Waals surface area contributed by atoms with Crippen LogP contribution in [0.4, 0.5) is 0 Å². The number of hydrogen-bond donors (Lipinski definition) is 0. The lowest BCUT2D eigenvalue weighted by atomic mass is 10.1. The Morgan fingerprint density at radius 1 is 1.12 bits per heavy atom. The maximum Gasteiger partial charge on any atom is 0.223 e. The van der Waals surface area contributed by atoms with Gasteiger partial charge in [0.15, 0.2) is 11.5 Å². The van der Waals surface area contributed by atoms with E-state index in [2.05, 4.69) is 16.7 Å². The molecular formula is C20H28N2O3. The van der Waals surface area contributed by atoms with Crippen molar-refractivity contribution in [1.29, 1.82) is 0 Å². The largest absolute Gasteiger partial charge is 0.486 e. The molecule has 5 nitrogen and oxygen atoms in total. The fourth-order valence-corrected chi connectivity index (χ4v) is 4.47. The van der Waals surface area contributed by atoms with Crippen LogP contribution in [-0.2, 0) is 11.2 Å². The first kappa shape index (κ1) is 16.7. The number of hydrogen-bond acceptors (Lipinski definition) is 4. The number of amides is 1. The molecule has 0 radical (unpaired) electrons. The minimum absolute atomic E-state index is 0.282. The first-order valence-corrected chi connectivity index (χ1v) is 9.64. The van der Waals surface area contributed by atoms with Crippen LogP contribution in [0.3, 0.4) is 0 Å². The van der Waals surface area contributed by atoms with Gasteiger partial charge in [0, 0.05) is 25.0 Å². The van der Waals surface area contributed by atoms with Gasteiger partial charge >= 0.3 is 0 Å². The van der Waals surface area contributed by atoms with Gasteiger partial charge in [-0.1, -0.05) is 6.07 Å². The summed E-state index contributed by atoms with van der Waals surface area (Å²) in [6, 6.07) is 6.91. The summed E-state index contributed by atoms with van der Waals surface area (Å²) in [6.45, 7) is 6.73. The van der Waals surface area contributed by atoms with Crippen LogP contribution in [0.5, 0.6) is 11.5 Å². The number of fused-ring (bicyclic) bond motifs is 1. The SMILES string of the molecule is C[C@@H]1[C@H](N2CCCC2)CCN1C(=O)CCc1ccc2c(c1)OCCO2. The van der Waals surface area contributed by atoms with Crippen molar-refractivity contribution in [3.05, 3.63) is 23.8 Å². The predicted molar refractivity (Wildman–Crippen MR) is 96.1 cm³/mol. The lowest BCUT2D eigenvalue weighted by Gasteiger charge is -2.30. The summed E-state index contributed by atoms with van der Waals surface area (Å²) in [5.41, 5.74) is 1.14. The summed E-state index contributed by atoms with van der Waals surface area (Å²) in [5.74, 6) is 1.90. The number of likely N-dealkylation sites (tertiary alicyclic amines) is 2. The molecule has 0 unspecified atom stereocenters. The highest BCUT2D eigenvalue weighted by molar-refractivity contribution is 5.77. The third-order valence-corrected chi connectivity index (χ3v) is 5.88. The molecule has 4 rings (SSSR count). The number of aryl methyl sites for hydroxylation is 1. The Kier molecular flexibility index (Phi) is 4.84. The molecule has 2 atom stereocenters. The van der Waals surface area contributed by atoms with Crippen LogP contribution in [0.25, 0.3) is 0 Å². The first-order valence-electron chi connectivity index (χ1n) is 9.64. The summed E-state index contributed by atoms with van der Waals surface area (Å²) < 4.78 is 11.2. The number of carbonyl (C=O) groups is 1. The maximum absolute atomic E-state index is 12.7. The van der Waals surface area contributed by atoms with Crippen LogP contribution in [0.2, 0.25) is 0 Å². The molecule has 3 aliphatic heterocycles. The topological polar surface area (TPSA) is 42.0 Å². The standard InChI is InChI=1S/C20H28N2O3/c1-15-17(21-9-2-3-10-21)8-11-22(15)20(23)7-5-16-4-6-18-19(14-16)25-13-12-24-18/h4,6,14-15,17H,2-3,5,7-13H2,1H3/t15-,17-/m1/s1. The van der Waals surface area contributed by atoms with Crippen molar-refractivity contribution < 1.29 is 14.3 Å². The second-order valence-electron chi connectivity index (χ2n) is 7.40. The van der Waals surface area contributed by atoms with Gasteiger partial charge in [-0.05, 0) is 63.4 Å². The Hall–Kier alpha value is -1.75. The first-order chi connectivity index (χ1) is 12.2. The van der Waals surface area contributed by atoms with Crippen LogP contribution < -0.4 is 9.47 Å². The Morgan fingerprint density at radius 2 is 1.88 bits per heavy atom. The summed E-state index contributed by atoms with van der Waals surface area (Å²) in [4.78, 5) is 17.4. The number of rotatable bonds is 4. The quantitative estimate of drug-likeness (QED) is 0.841. The second kappa shape index (κ2) is 7.24. The number of carbonyl (C=O) groups excluding carboxylic acids is 1. The third kappa shape index (κ3) is 3.47. The van der Waals surface area contributed by atoms with Crippen LogP contribution >= 0.6 is 0 Å². The summed E-state index contributed by atoms with van der Waals surface area (Å²) in [5, 5.41) is 0. The lowest BCUT2D eigenvalue weighted by Crippen LogP contribution is -2.44. The maximum atomic E-state index is 12.7. The van der Waals surface area contributed by atoms with Crippen molar-refractivity contribution in [2.75, 3.05) is 32.8 Å². The molecular weight excluding hydrogens is 316 g/mol. The Labute approximate surface area is 149 Å². The van der Waals surface area contributed by atoms with Crippen LogP contribution in [0, 0.1) is 0 Å². The number of nitrogens with zero attached hydrogens (tertiary/aromatic N) is 2. The molecule has 0 bridgehead atoms. The van der Waals surface area contributed by atoms with E-state index in [-0.39, 0.29) is 5.91 Å². The monoisotopic (exact) mass is 344 g/mol. The van der Waals surface area contributed by atoms with Crippen LogP contribution in [0.1, 0.15) is 38.2 Å². The molecule has 1 amide bonds. The second-order valence-corrected chi connectivity index (χ2v) is 7.40. The predicted octanol–water partition coefficient (Wildman–Crippen LogP) is 2.48. The fraction of sp³-hybridized carbons (Fsp3) is 0.650. The highest BCUT2D eigenvalue weighted by atomic mass is 16.6. The molecule has 0 N–H and O–H groups in total. The molecule has 25 heavy (non-hydrogen) atoms. The average molecular weight is 344 g/mol. The van der Waals surface area contributed by atoms with Gasteiger partial charge in [-0.3, -0.25) is 9.69 Å². The summed E-state index contributed by atoms with van der Waals surface area (Å²) >= 11 is 0. The Morgan fingerprint density at radius 3 is 2.68 bits per heavy atom. The molecule has 3 aliphatic rings.